The summed E-state index contributed by atoms with van der Waals surface area (Å²) in [6.07, 6.45) is 2.64. The Morgan fingerprint density at radius 2 is 2.00 bits per heavy atom. The summed E-state index contributed by atoms with van der Waals surface area (Å²) in [7, 11) is 0. The first-order valence-corrected chi connectivity index (χ1v) is 10.7. The molecule has 0 atom stereocenters. The van der Waals surface area contributed by atoms with Gasteiger partial charge in [-0.15, -0.1) is 11.3 Å². The van der Waals surface area contributed by atoms with E-state index in [0.29, 0.717) is 27.5 Å². The van der Waals surface area contributed by atoms with Crippen molar-refractivity contribution in [3.63, 3.8) is 0 Å². The number of nitro benzene ring substituents is 1. The van der Waals surface area contributed by atoms with E-state index in [0.717, 1.165) is 11.3 Å². The van der Waals surface area contributed by atoms with Crippen LogP contribution in [0, 0.1) is 17.0 Å². The minimum Gasteiger partial charge on any atom is -0.462 e. The SMILES string of the molecule is CCOC(=O)c1c(NC(=O)/C=C/c2ccc(-c3cccc([N+](=O)[O-])c3)o2)sc(C(C)=O)c1C. The lowest BCUT2D eigenvalue weighted by Gasteiger charge is -2.05. The van der Waals surface area contributed by atoms with Gasteiger partial charge in [0, 0.05) is 23.8 Å². The molecule has 0 spiro atoms. The van der Waals surface area contributed by atoms with Gasteiger partial charge in [-0.25, -0.2) is 4.79 Å². The molecule has 0 aliphatic heterocycles. The molecule has 10 heteroatoms. The maximum absolute atomic E-state index is 12.5. The fraction of sp³-hybridized carbons (Fsp3) is 0.174. The lowest BCUT2D eigenvalue weighted by atomic mass is 10.1. The van der Waals surface area contributed by atoms with Crippen LogP contribution in [0.2, 0.25) is 0 Å². The van der Waals surface area contributed by atoms with Crippen molar-refractivity contribution >= 4 is 45.8 Å². The molecule has 1 aromatic carbocycles. The van der Waals surface area contributed by atoms with E-state index in [-0.39, 0.29) is 28.6 Å². The van der Waals surface area contributed by atoms with Crippen LogP contribution < -0.4 is 5.32 Å². The van der Waals surface area contributed by atoms with Crippen molar-refractivity contribution in [1.82, 2.24) is 0 Å². The van der Waals surface area contributed by atoms with Gasteiger partial charge in [0.2, 0.25) is 5.91 Å². The topological polar surface area (TPSA) is 129 Å². The van der Waals surface area contributed by atoms with Crippen molar-refractivity contribution in [1.29, 1.82) is 0 Å². The highest BCUT2D eigenvalue weighted by Gasteiger charge is 2.24. The molecular formula is C23H20N2O7S. The van der Waals surface area contributed by atoms with Gasteiger partial charge in [0.05, 0.1) is 22.0 Å². The number of furan rings is 1. The molecule has 0 radical (unpaired) electrons. The first-order valence-electron chi connectivity index (χ1n) is 9.86. The molecule has 0 saturated carbocycles. The lowest BCUT2D eigenvalue weighted by molar-refractivity contribution is -0.384. The van der Waals surface area contributed by atoms with E-state index >= 15 is 0 Å². The molecule has 0 fully saturated rings. The van der Waals surface area contributed by atoms with Gasteiger partial charge in [0.15, 0.2) is 5.78 Å². The second-order valence-corrected chi connectivity index (χ2v) is 7.89. The molecule has 3 aromatic rings. The van der Waals surface area contributed by atoms with Crippen LogP contribution >= 0.6 is 11.3 Å². The van der Waals surface area contributed by atoms with Gasteiger partial charge in [-0.2, -0.15) is 0 Å². The average Bonchev–Trinajstić information content (AvgIpc) is 3.37. The Bertz CT molecular complexity index is 1270. The van der Waals surface area contributed by atoms with Crippen LogP contribution in [-0.4, -0.2) is 29.2 Å². The number of carbonyl (C=O) groups is 3. The monoisotopic (exact) mass is 468 g/mol. The van der Waals surface area contributed by atoms with Crippen LogP contribution in [0.4, 0.5) is 10.7 Å². The number of rotatable bonds is 8. The Morgan fingerprint density at radius 1 is 1.24 bits per heavy atom. The number of hydrogen-bond acceptors (Lipinski definition) is 8. The maximum Gasteiger partial charge on any atom is 0.341 e. The van der Waals surface area contributed by atoms with E-state index in [9.17, 15) is 24.5 Å². The molecule has 0 unspecified atom stereocenters. The second kappa shape index (κ2) is 10.0. The van der Waals surface area contributed by atoms with Crippen molar-refractivity contribution in [3.8, 4) is 11.3 Å². The first-order chi connectivity index (χ1) is 15.7. The van der Waals surface area contributed by atoms with E-state index in [1.165, 1.54) is 31.2 Å². The third kappa shape index (κ3) is 5.42. The molecule has 170 valence electrons. The zero-order valence-electron chi connectivity index (χ0n) is 18.0. The van der Waals surface area contributed by atoms with Crippen LogP contribution in [0.3, 0.4) is 0 Å². The number of benzene rings is 1. The number of amides is 1. The van der Waals surface area contributed by atoms with Gasteiger partial charge in [-0.05, 0) is 44.5 Å². The molecule has 0 saturated heterocycles. The summed E-state index contributed by atoms with van der Waals surface area (Å²) in [5, 5.41) is 13.8. The third-order valence-corrected chi connectivity index (χ3v) is 5.86. The van der Waals surface area contributed by atoms with Crippen molar-refractivity contribution in [3.05, 3.63) is 74.4 Å². The van der Waals surface area contributed by atoms with Crippen molar-refractivity contribution in [2.24, 2.45) is 0 Å². The van der Waals surface area contributed by atoms with Crippen LogP contribution in [0.5, 0.6) is 0 Å². The number of hydrogen-bond donors (Lipinski definition) is 1. The largest absolute Gasteiger partial charge is 0.462 e. The normalized spacial score (nSPS) is 10.9. The standard InChI is InChI=1S/C23H20N2O7S/c1-4-31-23(28)20-13(2)21(14(3)26)33-22(20)24-19(27)11-9-17-8-10-18(32-17)15-6-5-7-16(12-15)25(29)30/h5-12H,4H2,1-3H3,(H,24,27)/b11-9+. The van der Waals surface area contributed by atoms with E-state index in [4.69, 9.17) is 9.15 Å². The number of nitrogens with one attached hydrogen (secondary N) is 1. The first kappa shape index (κ1) is 23.6. The Hall–Kier alpha value is -4.05. The summed E-state index contributed by atoms with van der Waals surface area (Å²) in [6.45, 7) is 4.83. The number of anilines is 1. The number of nitrogens with zero attached hydrogens (tertiary/aromatic N) is 1. The Balaban J connectivity index is 1.78. The van der Waals surface area contributed by atoms with Crippen LogP contribution in [-0.2, 0) is 9.53 Å². The number of ether oxygens (including phenoxy) is 1. The second-order valence-electron chi connectivity index (χ2n) is 6.87. The van der Waals surface area contributed by atoms with E-state index in [1.807, 2.05) is 0 Å². The van der Waals surface area contributed by atoms with Crippen LogP contribution in [0.1, 0.15) is 45.2 Å². The highest BCUT2D eigenvalue weighted by atomic mass is 32.1. The third-order valence-electron chi connectivity index (χ3n) is 4.55. The predicted octanol–water partition coefficient (Wildman–Crippen LogP) is 5.26. The Labute approximate surface area is 192 Å². The molecule has 33 heavy (non-hydrogen) atoms. The zero-order chi connectivity index (χ0) is 24.1. The summed E-state index contributed by atoms with van der Waals surface area (Å²) in [6, 6.07) is 9.25. The van der Waals surface area contributed by atoms with Crippen molar-refractivity contribution < 1.29 is 28.5 Å². The van der Waals surface area contributed by atoms with Gasteiger partial charge in [0.1, 0.15) is 16.5 Å². The summed E-state index contributed by atoms with van der Waals surface area (Å²) >= 11 is 1.01. The molecule has 0 aliphatic carbocycles. The number of carbonyl (C=O) groups excluding carboxylic acids is 3. The fourth-order valence-electron chi connectivity index (χ4n) is 3.07. The molecule has 0 bridgehead atoms. The Kier molecular flexibility index (Phi) is 7.19. The molecule has 2 aromatic heterocycles. The van der Waals surface area contributed by atoms with Crippen molar-refractivity contribution in [2.45, 2.75) is 20.8 Å². The quantitative estimate of drug-likeness (QED) is 0.157. The van der Waals surface area contributed by atoms with Gasteiger partial charge >= 0.3 is 5.97 Å². The number of non-ortho nitro benzene ring substituents is 1. The van der Waals surface area contributed by atoms with Crippen LogP contribution in [0.15, 0.2) is 46.9 Å². The number of ketones is 1. The minimum atomic E-state index is -0.620. The van der Waals surface area contributed by atoms with Crippen LogP contribution in [0.25, 0.3) is 17.4 Å². The molecule has 2 heterocycles. The molecule has 0 aliphatic rings. The molecule has 9 nitrogen and oxygen atoms in total. The van der Waals surface area contributed by atoms with Gasteiger partial charge < -0.3 is 14.5 Å². The summed E-state index contributed by atoms with van der Waals surface area (Å²) < 4.78 is 10.7. The summed E-state index contributed by atoms with van der Waals surface area (Å²) in [5.74, 6) is -0.619. The lowest BCUT2D eigenvalue weighted by Crippen LogP contribution is -2.12. The summed E-state index contributed by atoms with van der Waals surface area (Å²) in [4.78, 5) is 47.5. The molecular weight excluding hydrogens is 448 g/mol. The number of nitro groups is 1. The predicted molar refractivity (Wildman–Crippen MR) is 123 cm³/mol. The number of Topliss-reactive ketones (excluding diaryl/α,β-unsaturated/α-hetero) is 1. The smallest absolute Gasteiger partial charge is 0.341 e. The van der Waals surface area contributed by atoms with Gasteiger partial charge in [0.25, 0.3) is 5.69 Å². The Morgan fingerprint density at radius 3 is 2.67 bits per heavy atom. The van der Waals surface area contributed by atoms with E-state index in [2.05, 4.69) is 5.32 Å². The maximum atomic E-state index is 12.5. The molecule has 1 amide bonds. The van der Waals surface area contributed by atoms with E-state index in [1.54, 1.807) is 38.1 Å². The molecule has 3 rings (SSSR count). The summed E-state index contributed by atoms with van der Waals surface area (Å²) in [5.41, 5.74) is 1.07. The van der Waals surface area contributed by atoms with E-state index < -0.39 is 16.8 Å². The molecule has 1 N–H and O–H groups in total. The van der Waals surface area contributed by atoms with Crippen molar-refractivity contribution in [2.75, 3.05) is 11.9 Å². The fourth-order valence-corrected chi connectivity index (χ4v) is 4.16. The van der Waals surface area contributed by atoms with Gasteiger partial charge in [-0.3, -0.25) is 19.7 Å². The highest BCUT2D eigenvalue weighted by Crippen LogP contribution is 2.34. The van der Waals surface area contributed by atoms with Gasteiger partial charge in [-0.1, -0.05) is 12.1 Å². The average molecular weight is 468 g/mol. The zero-order valence-corrected chi connectivity index (χ0v) is 18.9. The number of esters is 1. The highest BCUT2D eigenvalue weighted by molar-refractivity contribution is 7.18. The number of thiophene rings is 1. The minimum absolute atomic E-state index is 0.0612.